The van der Waals surface area contributed by atoms with Crippen LogP contribution in [0.2, 0.25) is 0 Å². The lowest BCUT2D eigenvalue weighted by atomic mass is 9.68. The molecule has 0 atom stereocenters. The summed E-state index contributed by atoms with van der Waals surface area (Å²) in [5, 5.41) is 0. The SMILES string of the molecule is C/C=C/C1CCC(C2CCC(c3ccc(CCC)c(F)c3F)CC2)CC1. The fourth-order valence-corrected chi connectivity index (χ4v) is 5.36. The van der Waals surface area contributed by atoms with Gasteiger partial charge in [-0.05, 0) is 99.5 Å². The van der Waals surface area contributed by atoms with Gasteiger partial charge in [-0.15, -0.1) is 0 Å². The summed E-state index contributed by atoms with van der Waals surface area (Å²) in [6.45, 7) is 4.11. The normalized spacial score (nSPS) is 30.0. The number of aryl methyl sites for hydroxylation is 1. The highest BCUT2D eigenvalue weighted by atomic mass is 19.2. The Labute approximate surface area is 158 Å². The molecule has 0 bridgehead atoms. The van der Waals surface area contributed by atoms with E-state index in [2.05, 4.69) is 19.1 Å². The van der Waals surface area contributed by atoms with Gasteiger partial charge in [-0.1, -0.05) is 37.6 Å². The molecule has 0 N–H and O–H groups in total. The van der Waals surface area contributed by atoms with Crippen LogP contribution in [0.15, 0.2) is 24.3 Å². The molecule has 0 saturated heterocycles. The third-order valence-corrected chi connectivity index (χ3v) is 6.87. The average Bonchev–Trinajstić information content (AvgIpc) is 2.67. The third kappa shape index (κ3) is 4.38. The Morgan fingerprint density at radius 3 is 2.08 bits per heavy atom. The summed E-state index contributed by atoms with van der Waals surface area (Å²) < 4.78 is 28.8. The standard InChI is InChI=1S/C24H34F2/c1-3-5-17-7-9-18(10-8-17)19-11-13-20(14-12-19)22-16-15-21(6-4-2)23(25)24(22)26/h3,5,15-20H,4,6-14H2,1-2H3/b5-3+. The summed E-state index contributed by atoms with van der Waals surface area (Å²) in [4.78, 5) is 0. The molecule has 2 aliphatic rings. The van der Waals surface area contributed by atoms with Crippen molar-refractivity contribution < 1.29 is 8.78 Å². The molecule has 2 aliphatic carbocycles. The molecule has 3 rings (SSSR count). The minimum atomic E-state index is -0.603. The molecule has 1 aromatic carbocycles. The second-order valence-electron chi connectivity index (χ2n) is 8.50. The Kier molecular flexibility index (Phi) is 6.89. The molecule has 0 nitrogen and oxygen atoms in total. The predicted octanol–water partition coefficient (Wildman–Crippen LogP) is 7.57. The molecule has 0 amide bonds. The zero-order chi connectivity index (χ0) is 18.5. The molecular weight excluding hydrogens is 326 g/mol. The van der Waals surface area contributed by atoms with E-state index >= 15 is 0 Å². The van der Waals surface area contributed by atoms with Gasteiger partial charge in [0.25, 0.3) is 0 Å². The van der Waals surface area contributed by atoms with Gasteiger partial charge in [-0.3, -0.25) is 0 Å². The third-order valence-electron chi connectivity index (χ3n) is 6.87. The predicted molar refractivity (Wildman–Crippen MR) is 105 cm³/mol. The molecule has 0 aromatic heterocycles. The Balaban J connectivity index is 1.57. The van der Waals surface area contributed by atoms with Gasteiger partial charge in [0.2, 0.25) is 0 Å². The van der Waals surface area contributed by atoms with E-state index in [9.17, 15) is 8.78 Å². The summed E-state index contributed by atoms with van der Waals surface area (Å²) in [7, 11) is 0. The van der Waals surface area contributed by atoms with E-state index in [1.54, 1.807) is 0 Å². The molecule has 144 valence electrons. The molecule has 0 radical (unpaired) electrons. The topological polar surface area (TPSA) is 0 Å². The van der Waals surface area contributed by atoms with Gasteiger partial charge in [-0.25, -0.2) is 8.78 Å². The average molecular weight is 361 g/mol. The van der Waals surface area contributed by atoms with Crippen LogP contribution in [-0.2, 0) is 6.42 Å². The zero-order valence-corrected chi connectivity index (χ0v) is 16.4. The van der Waals surface area contributed by atoms with Crippen molar-refractivity contribution in [2.24, 2.45) is 17.8 Å². The fourth-order valence-electron chi connectivity index (χ4n) is 5.36. The first-order chi connectivity index (χ1) is 12.6. The molecule has 0 spiro atoms. The number of allylic oxidation sites excluding steroid dienone is 2. The maximum absolute atomic E-state index is 14.6. The number of halogens is 2. The van der Waals surface area contributed by atoms with Crippen molar-refractivity contribution in [3.8, 4) is 0 Å². The van der Waals surface area contributed by atoms with Crippen LogP contribution in [0.3, 0.4) is 0 Å². The molecule has 1 aromatic rings. The fraction of sp³-hybridized carbons (Fsp3) is 0.667. The van der Waals surface area contributed by atoms with Gasteiger partial charge in [-0.2, -0.15) is 0 Å². The highest BCUT2D eigenvalue weighted by Crippen LogP contribution is 2.44. The Hall–Kier alpha value is -1.18. The maximum Gasteiger partial charge on any atom is 0.162 e. The molecule has 26 heavy (non-hydrogen) atoms. The van der Waals surface area contributed by atoms with Crippen LogP contribution < -0.4 is 0 Å². The van der Waals surface area contributed by atoms with E-state index in [-0.39, 0.29) is 5.92 Å². The van der Waals surface area contributed by atoms with Crippen LogP contribution in [0.5, 0.6) is 0 Å². The molecule has 0 aliphatic heterocycles. The van der Waals surface area contributed by atoms with Crippen LogP contribution in [0.1, 0.15) is 88.7 Å². The lowest BCUT2D eigenvalue weighted by molar-refractivity contribution is 0.170. The number of rotatable bonds is 5. The van der Waals surface area contributed by atoms with Crippen molar-refractivity contribution in [2.75, 3.05) is 0 Å². The van der Waals surface area contributed by atoms with E-state index in [0.29, 0.717) is 17.5 Å². The molecule has 0 unspecified atom stereocenters. The van der Waals surface area contributed by atoms with E-state index in [0.717, 1.165) is 37.0 Å². The number of hydrogen-bond donors (Lipinski definition) is 0. The highest BCUT2D eigenvalue weighted by Gasteiger charge is 2.32. The van der Waals surface area contributed by atoms with Crippen LogP contribution in [0.25, 0.3) is 0 Å². The van der Waals surface area contributed by atoms with Crippen molar-refractivity contribution in [3.63, 3.8) is 0 Å². The van der Waals surface area contributed by atoms with E-state index in [1.165, 1.54) is 38.5 Å². The van der Waals surface area contributed by atoms with Crippen molar-refractivity contribution in [2.45, 2.75) is 84.0 Å². The Morgan fingerprint density at radius 2 is 1.50 bits per heavy atom. The molecule has 2 fully saturated rings. The van der Waals surface area contributed by atoms with E-state index < -0.39 is 11.6 Å². The van der Waals surface area contributed by atoms with Crippen molar-refractivity contribution >= 4 is 0 Å². The Morgan fingerprint density at radius 1 is 0.885 bits per heavy atom. The van der Waals surface area contributed by atoms with E-state index in [4.69, 9.17) is 0 Å². The van der Waals surface area contributed by atoms with Gasteiger partial charge in [0.05, 0.1) is 0 Å². The molecule has 2 saturated carbocycles. The summed E-state index contributed by atoms with van der Waals surface area (Å²) >= 11 is 0. The van der Waals surface area contributed by atoms with Crippen LogP contribution in [0.4, 0.5) is 8.78 Å². The molecule has 2 heteroatoms. The van der Waals surface area contributed by atoms with Gasteiger partial charge in [0.1, 0.15) is 0 Å². The smallest absolute Gasteiger partial charge is 0.162 e. The van der Waals surface area contributed by atoms with Crippen LogP contribution >= 0.6 is 0 Å². The number of hydrogen-bond acceptors (Lipinski definition) is 0. The Bertz CT molecular complexity index is 603. The molecule has 0 heterocycles. The van der Waals surface area contributed by atoms with Gasteiger partial charge >= 0.3 is 0 Å². The van der Waals surface area contributed by atoms with Crippen molar-refractivity contribution in [1.29, 1.82) is 0 Å². The minimum absolute atomic E-state index is 0.204. The van der Waals surface area contributed by atoms with Crippen molar-refractivity contribution in [1.82, 2.24) is 0 Å². The highest BCUT2D eigenvalue weighted by molar-refractivity contribution is 5.29. The molecular formula is C24H34F2. The summed E-state index contributed by atoms with van der Waals surface area (Å²) in [6, 6.07) is 3.67. The van der Waals surface area contributed by atoms with Gasteiger partial charge in [0, 0.05) is 0 Å². The summed E-state index contributed by atoms with van der Waals surface area (Å²) in [5.41, 5.74) is 1.15. The van der Waals surface area contributed by atoms with E-state index in [1.807, 2.05) is 19.1 Å². The second kappa shape index (κ2) is 9.15. The lowest BCUT2D eigenvalue weighted by Crippen LogP contribution is -2.25. The van der Waals surface area contributed by atoms with Crippen molar-refractivity contribution in [3.05, 3.63) is 47.0 Å². The van der Waals surface area contributed by atoms with Gasteiger partial charge in [0.15, 0.2) is 11.6 Å². The minimum Gasteiger partial charge on any atom is -0.203 e. The summed E-state index contributed by atoms with van der Waals surface area (Å²) in [5.74, 6) is 1.46. The quantitative estimate of drug-likeness (QED) is 0.475. The summed E-state index contributed by atoms with van der Waals surface area (Å²) in [6.07, 6.45) is 15.8. The van der Waals surface area contributed by atoms with Gasteiger partial charge < -0.3 is 0 Å². The lowest BCUT2D eigenvalue weighted by Gasteiger charge is -2.37. The zero-order valence-electron chi connectivity index (χ0n) is 16.4. The largest absolute Gasteiger partial charge is 0.203 e. The second-order valence-corrected chi connectivity index (χ2v) is 8.50. The monoisotopic (exact) mass is 360 g/mol. The maximum atomic E-state index is 14.6. The van der Waals surface area contributed by atoms with Crippen LogP contribution in [0, 0.1) is 29.4 Å². The van der Waals surface area contributed by atoms with Crippen LogP contribution in [-0.4, -0.2) is 0 Å². The first kappa shape index (κ1) is 19.6. The first-order valence-electron chi connectivity index (χ1n) is 10.7. The first-order valence-corrected chi connectivity index (χ1v) is 10.7. The number of benzene rings is 1.